The number of hydrogen-bond donors (Lipinski definition) is 0. The van der Waals surface area contributed by atoms with Gasteiger partial charge in [0.15, 0.2) is 11.5 Å². The van der Waals surface area contributed by atoms with Crippen LogP contribution in [0.2, 0.25) is 15.1 Å². The topological polar surface area (TPSA) is 51.1 Å². The quantitative estimate of drug-likeness (QED) is 0.340. The highest BCUT2D eigenvalue weighted by molar-refractivity contribution is 6.42. The van der Waals surface area contributed by atoms with Crippen molar-refractivity contribution in [2.24, 2.45) is 5.10 Å². The molecule has 0 spiro atoms. The summed E-state index contributed by atoms with van der Waals surface area (Å²) in [5, 5.41) is 7.05. The van der Waals surface area contributed by atoms with Gasteiger partial charge in [0.25, 0.3) is 5.91 Å². The van der Waals surface area contributed by atoms with E-state index in [0.717, 1.165) is 5.56 Å². The van der Waals surface area contributed by atoms with Gasteiger partial charge in [0.1, 0.15) is 6.61 Å². The molecule has 33 heavy (non-hydrogen) atoms. The van der Waals surface area contributed by atoms with E-state index in [9.17, 15) is 4.79 Å². The standard InChI is InChI=1S/C25H19Cl3N2O3/c1-15-19(25(31)30(29-15)18-6-4-3-5-7-18)10-17-12-22(28)24(23(13-17)32-2)33-14-16-8-9-20(26)21(27)11-16/h3-13H,14H2,1-2H3/b19-10+. The zero-order valence-electron chi connectivity index (χ0n) is 17.8. The Bertz CT molecular complexity index is 1270. The van der Waals surface area contributed by atoms with E-state index < -0.39 is 0 Å². The molecule has 1 amide bonds. The predicted octanol–water partition coefficient (Wildman–Crippen LogP) is 7.04. The first-order chi connectivity index (χ1) is 15.9. The lowest BCUT2D eigenvalue weighted by Crippen LogP contribution is -2.21. The van der Waals surface area contributed by atoms with Gasteiger partial charge in [-0.05, 0) is 60.5 Å². The zero-order chi connectivity index (χ0) is 23.5. The van der Waals surface area contributed by atoms with E-state index >= 15 is 0 Å². The normalized spacial score (nSPS) is 14.6. The molecule has 0 bridgehead atoms. The number of ether oxygens (including phenoxy) is 2. The number of nitrogens with zero attached hydrogens (tertiary/aromatic N) is 2. The van der Waals surface area contributed by atoms with Crippen LogP contribution < -0.4 is 14.5 Å². The Balaban J connectivity index is 1.59. The van der Waals surface area contributed by atoms with E-state index in [-0.39, 0.29) is 12.5 Å². The largest absolute Gasteiger partial charge is 0.493 e. The number of hydrazone groups is 1. The van der Waals surface area contributed by atoms with Crippen LogP contribution in [0.5, 0.6) is 11.5 Å². The molecule has 5 nitrogen and oxygen atoms in total. The Kier molecular flexibility index (Phi) is 6.94. The van der Waals surface area contributed by atoms with Crippen LogP contribution in [0.25, 0.3) is 6.08 Å². The minimum Gasteiger partial charge on any atom is -0.493 e. The van der Waals surface area contributed by atoms with Gasteiger partial charge in [-0.25, -0.2) is 0 Å². The van der Waals surface area contributed by atoms with E-state index in [0.29, 0.717) is 49.1 Å². The van der Waals surface area contributed by atoms with Gasteiger partial charge in [0.05, 0.1) is 39.1 Å². The fourth-order valence-electron chi connectivity index (χ4n) is 3.34. The minimum atomic E-state index is -0.214. The molecule has 0 radical (unpaired) electrons. The number of carbonyl (C=O) groups excluding carboxylic acids is 1. The van der Waals surface area contributed by atoms with Gasteiger partial charge < -0.3 is 9.47 Å². The van der Waals surface area contributed by atoms with Gasteiger partial charge >= 0.3 is 0 Å². The lowest BCUT2D eigenvalue weighted by atomic mass is 10.1. The smallest absolute Gasteiger partial charge is 0.280 e. The van der Waals surface area contributed by atoms with Crippen LogP contribution in [0.3, 0.4) is 0 Å². The molecule has 1 heterocycles. The number of anilines is 1. The molecule has 0 unspecified atom stereocenters. The molecular formula is C25H19Cl3N2O3. The lowest BCUT2D eigenvalue weighted by Gasteiger charge is -2.14. The van der Waals surface area contributed by atoms with Crippen molar-refractivity contribution in [2.75, 3.05) is 12.1 Å². The summed E-state index contributed by atoms with van der Waals surface area (Å²) < 4.78 is 11.4. The maximum Gasteiger partial charge on any atom is 0.280 e. The molecule has 168 valence electrons. The fourth-order valence-corrected chi connectivity index (χ4v) is 3.94. The molecule has 0 aliphatic carbocycles. The van der Waals surface area contributed by atoms with Crippen LogP contribution in [-0.2, 0) is 11.4 Å². The van der Waals surface area contributed by atoms with Gasteiger partial charge in [0, 0.05) is 0 Å². The van der Waals surface area contributed by atoms with E-state index in [1.165, 1.54) is 12.1 Å². The van der Waals surface area contributed by atoms with Crippen molar-refractivity contribution in [3.63, 3.8) is 0 Å². The molecule has 0 N–H and O–H groups in total. The van der Waals surface area contributed by atoms with Gasteiger partial charge in [-0.1, -0.05) is 59.1 Å². The Labute approximate surface area is 206 Å². The van der Waals surface area contributed by atoms with E-state index in [2.05, 4.69) is 5.10 Å². The van der Waals surface area contributed by atoms with E-state index in [1.807, 2.05) is 36.4 Å². The average Bonchev–Trinajstić information content (AvgIpc) is 3.09. The van der Waals surface area contributed by atoms with Crippen molar-refractivity contribution in [1.29, 1.82) is 0 Å². The molecule has 1 aliphatic rings. The van der Waals surface area contributed by atoms with E-state index in [1.54, 1.807) is 37.3 Å². The fraction of sp³-hybridized carbons (Fsp3) is 0.120. The highest BCUT2D eigenvalue weighted by Crippen LogP contribution is 2.38. The van der Waals surface area contributed by atoms with Crippen molar-refractivity contribution >= 4 is 58.2 Å². The van der Waals surface area contributed by atoms with Crippen molar-refractivity contribution in [3.8, 4) is 11.5 Å². The second-order valence-corrected chi connectivity index (χ2v) is 8.49. The number of para-hydroxylation sites is 1. The van der Waals surface area contributed by atoms with Crippen LogP contribution in [0, 0.1) is 0 Å². The van der Waals surface area contributed by atoms with Crippen LogP contribution in [0.4, 0.5) is 5.69 Å². The summed E-state index contributed by atoms with van der Waals surface area (Å²) in [6, 6.07) is 18.0. The third-order valence-corrected chi connectivity index (χ3v) is 6.01. The lowest BCUT2D eigenvalue weighted by molar-refractivity contribution is -0.114. The average molecular weight is 502 g/mol. The molecule has 8 heteroatoms. The highest BCUT2D eigenvalue weighted by Gasteiger charge is 2.28. The molecule has 0 fully saturated rings. The third-order valence-electron chi connectivity index (χ3n) is 4.99. The summed E-state index contributed by atoms with van der Waals surface area (Å²) in [5.41, 5.74) is 3.30. The Morgan fingerprint density at radius 3 is 2.42 bits per heavy atom. The van der Waals surface area contributed by atoms with Gasteiger partial charge in [-0.3, -0.25) is 4.79 Å². The SMILES string of the molecule is COc1cc(/C=C2/C(=O)N(c3ccccc3)N=C2C)cc(Cl)c1OCc1ccc(Cl)c(Cl)c1. The summed E-state index contributed by atoms with van der Waals surface area (Å²) in [6.45, 7) is 2.02. The number of benzene rings is 3. The highest BCUT2D eigenvalue weighted by atomic mass is 35.5. The number of amides is 1. The minimum absolute atomic E-state index is 0.214. The maximum absolute atomic E-state index is 13.0. The Morgan fingerprint density at radius 1 is 0.970 bits per heavy atom. The first-order valence-corrected chi connectivity index (χ1v) is 11.1. The number of hydrogen-bond acceptors (Lipinski definition) is 4. The molecule has 3 aromatic rings. The number of methoxy groups -OCH3 is 1. The maximum atomic E-state index is 13.0. The molecule has 4 rings (SSSR count). The van der Waals surface area contributed by atoms with Crippen molar-refractivity contribution < 1.29 is 14.3 Å². The van der Waals surface area contributed by atoms with E-state index in [4.69, 9.17) is 44.3 Å². The van der Waals surface area contributed by atoms with Crippen LogP contribution in [0.1, 0.15) is 18.1 Å². The predicted molar refractivity (Wildman–Crippen MR) is 134 cm³/mol. The first-order valence-electron chi connectivity index (χ1n) is 9.98. The van der Waals surface area contributed by atoms with Crippen molar-refractivity contribution in [2.45, 2.75) is 13.5 Å². The second-order valence-electron chi connectivity index (χ2n) is 7.27. The first kappa shape index (κ1) is 23.2. The molecule has 0 saturated carbocycles. The summed E-state index contributed by atoms with van der Waals surface area (Å²) in [4.78, 5) is 13.0. The molecule has 3 aromatic carbocycles. The molecule has 1 aliphatic heterocycles. The molecule has 0 aromatic heterocycles. The zero-order valence-corrected chi connectivity index (χ0v) is 20.1. The van der Waals surface area contributed by atoms with Crippen LogP contribution in [0.15, 0.2) is 71.3 Å². The van der Waals surface area contributed by atoms with Gasteiger partial charge in [-0.15, -0.1) is 0 Å². The summed E-state index contributed by atoms with van der Waals surface area (Å²) in [6.07, 6.45) is 1.74. The molecular weight excluding hydrogens is 483 g/mol. The van der Waals surface area contributed by atoms with Crippen molar-refractivity contribution in [3.05, 3.63) is 92.4 Å². The van der Waals surface area contributed by atoms with Crippen LogP contribution >= 0.6 is 34.8 Å². The Hall–Kier alpha value is -2.99. The summed E-state index contributed by atoms with van der Waals surface area (Å²) in [5.74, 6) is 0.615. The van der Waals surface area contributed by atoms with Crippen molar-refractivity contribution in [1.82, 2.24) is 0 Å². The summed E-state index contributed by atoms with van der Waals surface area (Å²) in [7, 11) is 1.53. The third kappa shape index (κ3) is 5.01. The molecule has 0 saturated heterocycles. The molecule has 0 atom stereocenters. The number of carbonyl (C=O) groups is 1. The Morgan fingerprint density at radius 2 is 1.73 bits per heavy atom. The van der Waals surface area contributed by atoms with Gasteiger partial charge in [-0.2, -0.15) is 10.1 Å². The van der Waals surface area contributed by atoms with Crippen LogP contribution in [-0.4, -0.2) is 18.7 Å². The summed E-state index contributed by atoms with van der Waals surface area (Å²) >= 11 is 18.6. The second kappa shape index (κ2) is 9.87. The number of halogens is 3. The van der Waals surface area contributed by atoms with Gasteiger partial charge in [0.2, 0.25) is 0 Å². The monoisotopic (exact) mass is 500 g/mol. The number of rotatable bonds is 6.